The Kier molecular flexibility index (Phi) is 3.36. The summed E-state index contributed by atoms with van der Waals surface area (Å²) in [4.78, 5) is 22.5. The van der Waals surface area contributed by atoms with Gasteiger partial charge in [0, 0.05) is 0 Å². The topological polar surface area (TPSA) is 87.8 Å². The monoisotopic (exact) mass is 251 g/mol. The van der Waals surface area contributed by atoms with Crippen molar-refractivity contribution < 1.29 is 23.8 Å². The van der Waals surface area contributed by atoms with Crippen LogP contribution in [-0.4, -0.2) is 30.7 Å². The third kappa shape index (κ3) is 2.53. The van der Waals surface area contributed by atoms with Crippen molar-refractivity contribution in [1.29, 1.82) is 0 Å². The second-order valence-corrected chi connectivity index (χ2v) is 3.85. The molecule has 0 spiro atoms. The number of primary amides is 1. The van der Waals surface area contributed by atoms with E-state index in [1.807, 2.05) is 0 Å². The van der Waals surface area contributed by atoms with Gasteiger partial charge in [-0.1, -0.05) is 12.1 Å². The highest BCUT2D eigenvalue weighted by Gasteiger charge is 2.30. The molecule has 96 valence electrons. The first-order valence-electron chi connectivity index (χ1n) is 5.46. The number of hydrogen-bond donors (Lipinski definition) is 1. The highest BCUT2D eigenvalue weighted by molar-refractivity contribution is 5.83. The van der Waals surface area contributed by atoms with Gasteiger partial charge in [0.25, 0.3) is 5.91 Å². The lowest BCUT2D eigenvalue weighted by Gasteiger charge is -2.25. The molecule has 1 aromatic rings. The molecule has 6 heteroatoms. The molecular weight excluding hydrogens is 238 g/mol. The number of rotatable bonds is 3. The van der Waals surface area contributed by atoms with Crippen LogP contribution in [0.25, 0.3) is 0 Å². The van der Waals surface area contributed by atoms with Crippen LogP contribution in [0.15, 0.2) is 24.3 Å². The zero-order chi connectivity index (χ0) is 13.1. The van der Waals surface area contributed by atoms with Crippen molar-refractivity contribution in [3.05, 3.63) is 24.3 Å². The minimum absolute atomic E-state index is 0.0430. The van der Waals surface area contributed by atoms with Crippen LogP contribution in [0, 0.1) is 0 Å². The molecule has 1 aromatic carbocycles. The molecule has 0 saturated carbocycles. The molecule has 0 radical (unpaired) electrons. The molecule has 0 aromatic heterocycles. The predicted octanol–water partition coefficient (Wildman–Crippen LogP) is 0.243. The number of ether oxygens (including phenoxy) is 3. The first-order chi connectivity index (χ1) is 8.58. The van der Waals surface area contributed by atoms with Crippen molar-refractivity contribution in [2.45, 2.75) is 19.1 Å². The SMILES string of the molecule is C[C@H](OC(=O)[C@H]1COc2ccccc2O1)C(N)=O. The summed E-state index contributed by atoms with van der Waals surface area (Å²) >= 11 is 0. The minimum atomic E-state index is -0.988. The molecule has 1 aliphatic rings. The van der Waals surface area contributed by atoms with Crippen molar-refractivity contribution in [3.63, 3.8) is 0 Å². The van der Waals surface area contributed by atoms with Gasteiger partial charge in [-0.3, -0.25) is 4.79 Å². The Bertz CT molecular complexity index is 473. The summed E-state index contributed by atoms with van der Waals surface area (Å²) in [5.41, 5.74) is 5.00. The summed E-state index contributed by atoms with van der Waals surface area (Å²) < 4.78 is 15.6. The molecule has 0 unspecified atom stereocenters. The van der Waals surface area contributed by atoms with Crippen molar-refractivity contribution in [3.8, 4) is 11.5 Å². The van der Waals surface area contributed by atoms with E-state index in [9.17, 15) is 9.59 Å². The number of fused-ring (bicyclic) bond motifs is 1. The maximum Gasteiger partial charge on any atom is 0.351 e. The average molecular weight is 251 g/mol. The summed E-state index contributed by atoms with van der Waals surface area (Å²) in [5, 5.41) is 0. The van der Waals surface area contributed by atoms with Crippen molar-refractivity contribution >= 4 is 11.9 Å². The van der Waals surface area contributed by atoms with E-state index in [-0.39, 0.29) is 6.61 Å². The Balaban J connectivity index is 2.00. The summed E-state index contributed by atoms with van der Waals surface area (Å²) in [6, 6.07) is 6.99. The molecule has 0 fully saturated rings. The Morgan fingerprint density at radius 2 is 2.06 bits per heavy atom. The van der Waals surface area contributed by atoms with Gasteiger partial charge in [-0.2, -0.15) is 0 Å². The predicted molar refractivity (Wildman–Crippen MR) is 61.1 cm³/mol. The molecular formula is C12H13NO5. The van der Waals surface area contributed by atoms with Crippen LogP contribution < -0.4 is 15.2 Å². The minimum Gasteiger partial charge on any atom is -0.485 e. The summed E-state index contributed by atoms with van der Waals surface area (Å²) in [5.74, 6) is -0.335. The van der Waals surface area contributed by atoms with Gasteiger partial charge in [-0.25, -0.2) is 4.79 Å². The Morgan fingerprint density at radius 1 is 1.39 bits per heavy atom. The number of esters is 1. The zero-order valence-corrected chi connectivity index (χ0v) is 9.79. The van der Waals surface area contributed by atoms with Crippen LogP contribution in [0.2, 0.25) is 0 Å². The molecule has 2 rings (SSSR count). The molecule has 2 atom stereocenters. The number of nitrogens with two attached hydrogens (primary N) is 1. The zero-order valence-electron chi connectivity index (χ0n) is 9.79. The average Bonchev–Trinajstić information content (AvgIpc) is 2.37. The van der Waals surface area contributed by atoms with E-state index in [4.69, 9.17) is 19.9 Å². The number of para-hydroxylation sites is 2. The van der Waals surface area contributed by atoms with Crippen molar-refractivity contribution in [2.24, 2.45) is 5.73 Å². The van der Waals surface area contributed by atoms with E-state index in [1.165, 1.54) is 6.92 Å². The van der Waals surface area contributed by atoms with Crippen LogP contribution in [0.5, 0.6) is 11.5 Å². The number of hydrogen-bond acceptors (Lipinski definition) is 5. The smallest absolute Gasteiger partial charge is 0.351 e. The second-order valence-electron chi connectivity index (χ2n) is 3.85. The lowest BCUT2D eigenvalue weighted by atomic mass is 10.2. The van der Waals surface area contributed by atoms with Crippen LogP contribution >= 0.6 is 0 Å². The van der Waals surface area contributed by atoms with E-state index < -0.39 is 24.1 Å². The van der Waals surface area contributed by atoms with E-state index >= 15 is 0 Å². The van der Waals surface area contributed by atoms with Gasteiger partial charge in [-0.15, -0.1) is 0 Å². The molecule has 6 nitrogen and oxygen atoms in total. The molecule has 0 bridgehead atoms. The third-order valence-corrected chi connectivity index (χ3v) is 2.47. The molecule has 2 N–H and O–H groups in total. The lowest BCUT2D eigenvalue weighted by Crippen LogP contribution is -2.41. The Labute approximate surface area is 104 Å². The fraction of sp³-hybridized carbons (Fsp3) is 0.333. The van der Waals surface area contributed by atoms with Gasteiger partial charge in [0.05, 0.1) is 0 Å². The maximum absolute atomic E-state index is 11.7. The number of benzene rings is 1. The quantitative estimate of drug-likeness (QED) is 0.777. The number of carbonyl (C=O) groups excluding carboxylic acids is 2. The first-order valence-corrected chi connectivity index (χ1v) is 5.46. The van der Waals surface area contributed by atoms with Crippen LogP contribution in [-0.2, 0) is 14.3 Å². The van der Waals surface area contributed by atoms with Crippen LogP contribution in [0.4, 0.5) is 0 Å². The van der Waals surface area contributed by atoms with E-state index in [1.54, 1.807) is 24.3 Å². The largest absolute Gasteiger partial charge is 0.485 e. The number of amides is 1. The fourth-order valence-corrected chi connectivity index (χ4v) is 1.44. The summed E-state index contributed by atoms with van der Waals surface area (Å²) in [6.07, 6.45) is -1.88. The van der Waals surface area contributed by atoms with E-state index in [0.29, 0.717) is 11.5 Å². The highest BCUT2D eigenvalue weighted by Crippen LogP contribution is 2.31. The van der Waals surface area contributed by atoms with Gasteiger partial charge in [0.2, 0.25) is 6.10 Å². The molecule has 1 amide bonds. The van der Waals surface area contributed by atoms with Gasteiger partial charge in [0.15, 0.2) is 17.6 Å². The standard InChI is InChI=1S/C12H13NO5/c1-7(11(13)14)17-12(15)10-6-16-8-4-2-3-5-9(8)18-10/h2-5,7,10H,6H2,1H3,(H2,13,14)/t7-,10+/m0/s1. The van der Waals surface area contributed by atoms with Gasteiger partial charge in [0.1, 0.15) is 6.61 Å². The van der Waals surface area contributed by atoms with Gasteiger partial charge >= 0.3 is 5.97 Å². The molecule has 1 aliphatic heterocycles. The summed E-state index contributed by atoms with van der Waals surface area (Å²) in [7, 11) is 0. The van der Waals surface area contributed by atoms with E-state index in [0.717, 1.165) is 0 Å². The first kappa shape index (κ1) is 12.2. The van der Waals surface area contributed by atoms with Crippen LogP contribution in [0.3, 0.4) is 0 Å². The molecule has 18 heavy (non-hydrogen) atoms. The number of carbonyl (C=O) groups is 2. The normalized spacial score (nSPS) is 18.8. The Hall–Kier alpha value is -2.24. The summed E-state index contributed by atoms with van der Waals surface area (Å²) in [6.45, 7) is 1.44. The van der Waals surface area contributed by atoms with Gasteiger partial charge in [-0.05, 0) is 19.1 Å². The van der Waals surface area contributed by atoms with Crippen LogP contribution in [0.1, 0.15) is 6.92 Å². The van der Waals surface area contributed by atoms with Crippen molar-refractivity contribution in [1.82, 2.24) is 0 Å². The fourth-order valence-electron chi connectivity index (χ4n) is 1.44. The van der Waals surface area contributed by atoms with Crippen molar-refractivity contribution in [2.75, 3.05) is 6.61 Å². The lowest BCUT2D eigenvalue weighted by molar-refractivity contribution is -0.162. The second kappa shape index (κ2) is 4.95. The van der Waals surface area contributed by atoms with E-state index in [2.05, 4.69) is 0 Å². The highest BCUT2D eigenvalue weighted by atomic mass is 16.6. The molecule has 0 saturated heterocycles. The maximum atomic E-state index is 11.7. The molecule has 1 heterocycles. The third-order valence-electron chi connectivity index (χ3n) is 2.47. The molecule has 0 aliphatic carbocycles. The Morgan fingerprint density at radius 3 is 2.72 bits per heavy atom. The van der Waals surface area contributed by atoms with Gasteiger partial charge < -0.3 is 19.9 Å².